The van der Waals surface area contributed by atoms with Gasteiger partial charge in [-0.3, -0.25) is 4.90 Å². The van der Waals surface area contributed by atoms with E-state index in [1.54, 1.807) is 12.4 Å². The van der Waals surface area contributed by atoms with Crippen molar-refractivity contribution in [1.82, 2.24) is 19.8 Å². The minimum absolute atomic E-state index is 0.755. The molecule has 1 N–H and O–H groups in total. The molecule has 0 bridgehead atoms. The highest BCUT2D eigenvalue weighted by atomic mass is 15.2. The molecular formula is C23H31N5. The average molecular weight is 378 g/mol. The van der Waals surface area contributed by atoms with E-state index in [-0.39, 0.29) is 0 Å². The Hall–Kier alpha value is -2.62. The summed E-state index contributed by atoms with van der Waals surface area (Å²) in [5.74, 6) is 0.755. The van der Waals surface area contributed by atoms with E-state index in [1.807, 2.05) is 6.07 Å². The number of likely N-dealkylation sites (tertiary alicyclic amines) is 1. The van der Waals surface area contributed by atoms with E-state index in [0.29, 0.717) is 0 Å². The number of benzene rings is 1. The first kappa shape index (κ1) is 20.1. The van der Waals surface area contributed by atoms with Crippen molar-refractivity contribution in [2.75, 3.05) is 44.6 Å². The van der Waals surface area contributed by atoms with E-state index in [1.165, 1.54) is 31.6 Å². The Morgan fingerprint density at radius 2 is 1.86 bits per heavy atom. The standard InChI is InChI=1S/C23H31N5/c1-3-15-28(22(4-2)19-27-16-5-6-17-27)18-14-24-21-10-8-20(9-11-21)23-25-12-7-13-26-23/h7-13,24H,2-3,5-6,14-19H2,1H3. The normalized spacial score (nSPS) is 13.9. The highest BCUT2D eigenvalue weighted by Gasteiger charge is 2.16. The molecule has 2 heterocycles. The summed E-state index contributed by atoms with van der Waals surface area (Å²) in [6, 6.07) is 10.1. The third kappa shape index (κ3) is 5.69. The monoisotopic (exact) mass is 377 g/mol. The molecule has 2 aromatic rings. The Morgan fingerprint density at radius 3 is 2.50 bits per heavy atom. The van der Waals surface area contributed by atoms with Crippen molar-refractivity contribution in [2.24, 2.45) is 0 Å². The second kappa shape index (κ2) is 10.6. The molecule has 0 spiro atoms. The maximum Gasteiger partial charge on any atom is 0.159 e. The fourth-order valence-electron chi connectivity index (χ4n) is 3.59. The van der Waals surface area contributed by atoms with E-state index in [4.69, 9.17) is 0 Å². The van der Waals surface area contributed by atoms with E-state index in [2.05, 4.69) is 68.6 Å². The van der Waals surface area contributed by atoms with Crippen LogP contribution < -0.4 is 5.32 Å². The predicted molar refractivity (Wildman–Crippen MR) is 116 cm³/mol. The molecule has 0 aliphatic carbocycles. The summed E-state index contributed by atoms with van der Waals surface area (Å²) in [6.45, 7) is 12.4. The molecule has 28 heavy (non-hydrogen) atoms. The quantitative estimate of drug-likeness (QED) is 0.633. The molecule has 1 aromatic heterocycles. The van der Waals surface area contributed by atoms with Gasteiger partial charge in [-0.25, -0.2) is 9.97 Å². The summed E-state index contributed by atoms with van der Waals surface area (Å²) in [4.78, 5) is 13.5. The van der Waals surface area contributed by atoms with Crippen molar-refractivity contribution >= 4 is 5.69 Å². The molecule has 3 rings (SSSR count). The number of hydrogen-bond donors (Lipinski definition) is 1. The van der Waals surface area contributed by atoms with Crippen LogP contribution >= 0.6 is 0 Å². The third-order valence-electron chi connectivity index (χ3n) is 5.07. The zero-order valence-corrected chi connectivity index (χ0v) is 16.9. The molecule has 0 saturated carbocycles. The first-order chi connectivity index (χ1) is 13.8. The minimum Gasteiger partial charge on any atom is -0.383 e. The Morgan fingerprint density at radius 1 is 1.14 bits per heavy atom. The van der Waals surface area contributed by atoms with Gasteiger partial charge in [-0.15, -0.1) is 5.73 Å². The predicted octanol–water partition coefficient (Wildman–Crippen LogP) is 4.03. The van der Waals surface area contributed by atoms with Gasteiger partial charge in [0.1, 0.15) is 0 Å². The second-order valence-electron chi connectivity index (χ2n) is 7.17. The van der Waals surface area contributed by atoms with Gasteiger partial charge in [0.05, 0.1) is 5.70 Å². The lowest BCUT2D eigenvalue weighted by atomic mass is 10.2. The van der Waals surface area contributed by atoms with E-state index in [0.717, 1.165) is 49.7 Å². The van der Waals surface area contributed by atoms with Crippen LogP contribution in [0, 0.1) is 0 Å². The van der Waals surface area contributed by atoms with Gasteiger partial charge in [0.15, 0.2) is 5.82 Å². The van der Waals surface area contributed by atoms with Crippen LogP contribution in [0.1, 0.15) is 26.2 Å². The van der Waals surface area contributed by atoms with Crippen LogP contribution in [-0.2, 0) is 0 Å². The highest BCUT2D eigenvalue weighted by Crippen LogP contribution is 2.17. The highest BCUT2D eigenvalue weighted by molar-refractivity contribution is 5.59. The lowest BCUT2D eigenvalue weighted by Gasteiger charge is -2.28. The van der Waals surface area contributed by atoms with Crippen molar-refractivity contribution in [3.63, 3.8) is 0 Å². The molecule has 5 heteroatoms. The molecule has 0 amide bonds. The van der Waals surface area contributed by atoms with Gasteiger partial charge < -0.3 is 10.2 Å². The SMILES string of the molecule is C=C=C(CN1CCCC1)N(CCC)CCNc1ccc(-c2ncccn2)cc1. The Kier molecular flexibility index (Phi) is 7.65. The molecule has 0 radical (unpaired) electrons. The van der Waals surface area contributed by atoms with Crippen LogP contribution in [0.15, 0.2) is 60.7 Å². The lowest BCUT2D eigenvalue weighted by molar-refractivity contribution is 0.287. The molecule has 0 unspecified atom stereocenters. The molecule has 1 aromatic carbocycles. The first-order valence-corrected chi connectivity index (χ1v) is 10.3. The zero-order valence-electron chi connectivity index (χ0n) is 16.9. The molecule has 1 fully saturated rings. The molecule has 1 saturated heterocycles. The minimum atomic E-state index is 0.755. The second-order valence-corrected chi connectivity index (χ2v) is 7.17. The largest absolute Gasteiger partial charge is 0.383 e. The van der Waals surface area contributed by atoms with Gasteiger partial charge >= 0.3 is 0 Å². The fraction of sp³-hybridized carbons (Fsp3) is 0.435. The molecule has 1 aliphatic heterocycles. The van der Waals surface area contributed by atoms with Gasteiger partial charge in [-0.05, 0) is 62.7 Å². The van der Waals surface area contributed by atoms with Crippen molar-refractivity contribution in [2.45, 2.75) is 26.2 Å². The van der Waals surface area contributed by atoms with Crippen LogP contribution in [0.4, 0.5) is 5.69 Å². The third-order valence-corrected chi connectivity index (χ3v) is 5.07. The van der Waals surface area contributed by atoms with Crippen molar-refractivity contribution in [1.29, 1.82) is 0 Å². The molecule has 5 nitrogen and oxygen atoms in total. The summed E-state index contributed by atoms with van der Waals surface area (Å²) in [6.07, 6.45) is 7.28. The number of rotatable bonds is 10. The zero-order chi connectivity index (χ0) is 19.6. The smallest absolute Gasteiger partial charge is 0.159 e. The molecule has 1 aliphatic rings. The molecular weight excluding hydrogens is 346 g/mol. The van der Waals surface area contributed by atoms with Gasteiger partial charge in [-0.1, -0.05) is 13.5 Å². The number of anilines is 1. The summed E-state index contributed by atoms with van der Waals surface area (Å²) >= 11 is 0. The van der Waals surface area contributed by atoms with E-state index in [9.17, 15) is 0 Å². The Bertz CT molecular complexity index is 759. The van der Waals surface area contributed by atoms with Crippen molar-refractivity contribution in [3.05, 3.63) is 60.7 Å². The maximum absolute atomic E-state index is 4.30. The van der Waals surface area contributed by atoms with Gasteiger partial charge in [0.25, 0.3) is 0 Å². The number of hydrogen-bond acceptors (Lipinski definition) is 5. The first-order valence-electron chi connectivity index (χ1n) is 10.3. The van der Waals surface area contributed by atoms with Crippen LogP contribution in [0.25, 0.3) is 11.4 Å². The van der Waals surface area contributed by atoms with Crippen molar-refractivity contribution in [3.8, 4) is 11.4 Å². The van der Waals surface area contributed by atoms with Crippen LogP contribution in [-0.4, -0.2) is 59.0 Å². The van der Waals surface area contributed by atoms with Crippen LogP contribution in [0.5, 0.6) is 0 Å². The van der Waals surface area contributed by atoms with Gasteiger partial charge in [-0.2, -0.15) is 0 Å². The van der Waals surface area contributed by atoms with Crippen LogP contribution in [0.3, 0.4) is 0 Å². The number of nitrogens with zero attached hydrogens (tertiary/aromatic N) is 4. The average Bonchev–Trinajstić information content (AvgIpc) is 3.26. The van der Waals surface area contributed by atoms with Crippen LogP contribution in [0.2, 0.25) is 0 Å². The molecule has 148 valence electrons. The molecule has 0 atom stereocenters. The van der Waals surface area contributed by atoms with Gasteiger partial charge in [0, 0.05) is 49.8 Å². The van der Waals surface area contributed by atoms with Gasteiger partial charge in [0.2, 0.25) is 0 Å². The van der Waals surface area contributed by atoms with E-state index < -0.39 is 0 Å². The summed E-state index contributed by atoms with van der Waals surface area (Å²) in [5, 5.41) is 3.53. The summed E-state index contributed by atoms with van der Waals surface area (Å²) in [5.41, 5.74) is 6.56. The fourth-order valence-corrected chi connectivity index (χ4v) is 3.59. The number of nitrogens with one attached hydrogen (secondary N) is 1. The summed E-state index contributed by atoms with van der Waals surface area (Å²) in [7, 11) is 0. The van der Waals surface area contributed by atoms with E-state index >= 15 is 0 Å². The van der Waals surface area contributed by atoms with Crippen molar-refractivity contribution < 1.29 is 0 Å². The Labute approximate surface area is 168 Å². The lowest BCUT2D eigenvalue weighted by Crippen LogP contribution is -2.35. The summed E-state index contributed by atoms with van der Waals surface area (Å²) < 4.78 is 0. The topological polar surface area (TPSA) is 44.3 Å². The number of aromatic nitrogens is 2. The maximum atomic E-state index is 4.30. The Balaban J connectivity index is 1.53.